The van der Waals surface area contributed by atoms with E-state index in [0.717, 1.165) is 18.2 Å². The molecule has 1 atom stereocenters. The van der Waals surface area contributed by atoms with Crippen LogP contribution in [0.1, 0.15) is 31.2 Å². The Balaban J connectivity index is 1.52. The molecular formula is C17H22N2O. The molecule has 3 heteroatoms. The Hall–Kier alpha value is -1.32. The van der Waals surface area contributed by atoms with Gasteiger partial charge in [-0.25, -0.2) is 0 Å². The van der Waals surface area contributed by atoms with Crippen molar-refractivity contribution in [3.63, 3.8) is 0 Å². The molecule has 2 aromatic rings. The number of hydrogen-bond acceptors (Lipinski definition) is 3. The summed E-state index contributed by atoms with van der Waals surface area (Å²) in [6.07, 6.45) is 7.33. The van der Waals surface area contributed by atoms with Crippen LogP contribution in [-0.2, 0) is 6.54 Å². The van der Waals surface area contributed by atoms with Crippen molar-refractivity contribution in [2.24, 2.45) is 0 Å². The predicted molar refractivity (Wildman–Crippen MR) is 80.7 cm³/mol. The number of rotatable bonds is 5. The lowest BCUT2D eigenvalue weighted by Gasteiger charge is -2.25. The summed E-state index contributed by atoms with van der Waals surface area (Å²) in [7, 11) is 0. The zero-order valence-corrected chi connectivity index (χ0v) is 11.8. The van der Waals surface area contributed by atoms with E-state index in [1.54, 1.807) is 0 Å². The highest BCUT2D eigenvalue weighted by Crippen LogP contribution is 2.31. The van der Waals surface area contributed by atoms with Crippen molar-refractivity contribution in [1.82, 2.24) is 10.2 Å². The number of para-hydroxylation sites is 1. The van der Waals surface area contributed by atoms with Gasteiger partial charge in [0.1, 0.15) is 5.58 Å². The smallest absolute Gasteiger partial charge is 0.134 e. The minimum absolute atomic E-state index is 0.689. The van der Waals surface area contributed by atoms with E-state index in [0.29, 0.717) is 6.04 Å². The van der Waals surface area contributed by atoms with Crippen molar-refractivity contribution in [1.29, 1.82) is 0 Å². The second kappa shape index (κ2) is 5.23. The number of nitrogens with one attached hydrogen (secondary N) is 1. The molecule has 1 saturated carbocycles. The summed E-state index contributed by atoms with van der Waals surface area (Å²) in [5.74, 6) is 0. The first kappa shape index (κ1) is 12.4. The topological polar surface area (TPSA) is 28.4 Å². The van der Waals surface area contributed by atoms with E-state index in [1.165, 1.54) is 49.7 Å². The summed E-state index contributed by atoms with van der Waals surface area (Å²) >= 11 is 0. The van der Waals surface area contributed by atoms with Crippen molar-refractivity contribution < 1.29 is 4.42 Å². The van der Waals surface area contributed by atoms with E-state index >= 15 is 0 Å². The molecule has 3 nitrogen and oxygen atoms in total. The summed E-state index contributed by atoms with van der Waals surface area (Å²) in [6.45, 7) is 3.40. The fourth-order valence-electron chi connectivity index (χ4n) is 3.35. The van der Waals surface area contributed by atoms with Crippen LogP contribution in [0.5, 0.6) is 0 Å². The number of furan rings is 1. The molecule has 1 aromatic heterocycles. The molecule has 1 aliphatic heterocycles. The molecule has 20 heavy (non-hydrogen) atoms. The molecule has 106 valence electrons. The van der Waals surface area contributed by atoms with Gasteiger partial charge in [-0.3, -0.25) is 4.90 Å². The molecule has 0 spiro atoms. The summed E-state index contributed by atoms with van der Waals surface area (Å²) in [5.41, 5.74) is 2.35. The van der Waals surface area contributed by atoms with Crippen LogP contribution in [0, 0.1) is 0 Å². The first-order valence-electron chi connectivity index (χ1n) is 7.83. The lowest BCUT2D eigenvalue weighted by atomic mass is 10.1. The lowest BCUT2D eigenvalue weighted by Crippen LogP contribution is -2.38. The molecule has 2 aliphatic rings. The third kappa shape index (κ3) is 2.48. The number of nitrogens with zero attached hydrogens (tertiary/aromatic N) is 1. The van der Waals surface area contributed by atoms with Gasteiger partial charge in [-0.15, -0.1) is 0 Å². The third-order valence-electron chi connectivity index (χ3n) is 4.62. The largest absolute Gasteiger partial charge is 0.464 e. The van der Waals surface area contributed by atoms with Crippen molar-refractivity contribution in [3.8, 4) is 0 Å². The molecule has 1 aromatic carbocycles. The van der Waals surface area contributed by atoms with Crippen molar-refractivity contribution >= 4 is 11.0 Å². The molecule has 2 fully saturated rings. The summed E-state index contributed by atoms with van der Waals surface area (Å²) < 4.78 is 5.68. The highest BCUT2D eigenvalue weighted by Gasteiger charge is 2.31. The zero-order chi connectivity index (χ0) is 13.4. The van der Waals surface area contributed by atoms with Crippen molar-refractivity contribution in [3.05, 3.63) is 36.1 Å². The van der Waals surface area contributed by atoms with Gasteiger partial charge in [0.15, 0.2) is 0 Å². The van der Waals surface area contributed by atoms with Crippen molar-refractivity contribution in [2.45, 2.75) is 44.3 Å². The summed E-state index contributed by atoms with van der Waals surface area (Å²) in [4.78, 5) is 2.65. The molecule has 1 saturated heterocycles. The van der Waals surface area contributed by atoms with E-state index < -0.39 is 0 Å². The predicted octanol–water partition coefficient (Wildman–Crippen LogP) is 3.15. The van der Waals surface area contributed by atoms with Gasteiger partial charge in [0.2, 0.25) is 0 Å². The Kier molecular flexibility index (Phi) is 3.25. The highest BCUT2D eigenvalue weighted by molar-refractivity contribution is 5.80. The number of fused-ring (bicyclic) bond motifs is 1. The molecule has 4 rings (SSSR count). The van der Waals surface area contributed by atoms with Crippen LogP contribution < -0.4 is 5.32 Å². The van der Waals surface area contributed by atoms with Crippen LogP contribution in [-0.4, -0.2) is 30.1 Å². The average molecular weight is 270 g/mol. The highest BCUT2D eigenvalue weighted by atomic mass is 16.3. The molecule has 1 N–H and O–H groups in total. The molecule has 2 heterocycles. The van der Waals surface area contributed by atoms with Gasteiger partial charge in [-0.05, 0) is 38.3 Å². The van der Waals surface area contributed by atoms with Gasteiger partial charge < -0.3 is 9.73 Å². The van der Waals surface area contributed by atoms with Crippen LogP contribution in [0.25, 0.3) is 11.0 Å². The normalized spacial score (nSPS) is 22.9. The zero-order valence-electron chi connectivity index (χ0n) is 11.8. The molecule has 1 unspecified atom stereocenters. The van der Waals surface area contributed by atoms with E-state index in [2.05, 4.69) is 28.4 Å². The minimum Gasteiger partial charge on any atom is -0.464 e. The van der Waals surface area contributed by atoms with Crippen LogP contribution in [0.2, 0.25) is 0 Å². The van der Waals surface area contributed by atoms with Gasteiger partial charge in [0.25, 0.3) is 0 Å². The second-order valence-electron chi connectivity index (χ2n) is 6.21. The molecule has 0 bridgehead atoms. The van der Waals surface area contributed by atoms with Crippen LogP contribution in [0.3, 0.4) is 0 Å². The van der Waals surface area contributed by atoms with E-state index in [-0.39, 0.29) is 0 Å². The van der Waals surface area contributed by atoms with E-state index in [1.807, 2.05) is 12.3 Å². The Morgan fingerprint density at radius 3 is 2.90 bits per heavy atom. The quantitative estimate of drug-likeness (QED) is 0.904. The maximum atomic E-state index is 5.68. The maximum absolute atomic E-state index is 5.68. The molecule has 0 radical (unpaired) electrons. The first-order valence-corrected chi connectivity index (χ1v) is 7.83. The van der Waals surface area contributed by atoms with Gasteiger partial charge in [-0.1, -0.05) is 18.2 Å². The fourth-order valence-corrected chi connectivity index (χ4v) is 3.35. The minimum atomic E-state index is 0.689. The van der Waals surface area contributed by atoms with Crippen LogP contribution in [0.4, 0.5) is 0 Å². The standard InChI is InChI=1S/C17H22N2O/c1-2-6-17-16(5-1)13(12-20-17)10-19(15-7-8-15)11-14-4-3-9-18-14/h1-2,5-6,12,14-15,18H,3-4,7-11H2. The van der Waals surface area contributed by atoms with Gasteiger partial charge in [0.05, 0.1) is 6.26 Å². The maximum Gasteiger partial charge on any atom is 0.134 e. The van der Waals surface area contributed by atoms with E-state index in [9.17, 15) is 0 Å². The Morgan fingerprint density at radius 2 is 2.10 bits per heavy atom. The Bertz CT molecular complexity index is 581. The van der Waals surface area contributed by atoms with Gasteiger partial charge >= 0.3 is 0 Å². The summed E-state index contributed by atoms with van der Waals surface area (Å²) in [6, 6.07) is 9.85. The third-order valence-corrected chi connectivity index (χ3v) is 4.62. The van der Waals surface area contributed by atoms with Crippen LogP contribution >= 0.6 is 0 Å². The van der Waals surface area contributed by atoms with Gasteiger partial charge in [-0.2, -0.15) is 0 Å². The summed E-state index contributed by atoms with van der Waals surface area (Å²) in [5, 5.41) is 4.90. The number of hydrogen-bond donors (Lipinski definition) is 1. The van der Waals surface area contributed by atoms with Crippen LogP contribution in [0.15, 0.2) is 34.9 Å². The van der Waals surface area contributed by atoms with E-state index in [4.69, 9.17) is 4.42 Å². The molecular weight excluding hydrogens is 248 g/mol. The second-order valence-corrected chi connectivity index (χ2v) is 6.21. The molecule has 0 amide bonds. The Labute approximate surface area is 119 Å². The fraction of sp³-hybridized carbons (Fsp3) is 0.529. The first-order chi connectivity index (χ1) is 9.90. The molecule has 1 aliphatic carbocycles. The SMILES string of the molecule is c1ccc2c(CN(CC3CCCN3)C3CC3)coc2c1. The lowest BCUT2D eigenvalue weighted by molar-refractivity contribution is 0.231. The monoisotopic (exact) mass is 270 g/mol. The van der Waals surface area contributed by atoms with Gasteiger partial charge in [0, 0.05) is 36.1 Å². The van der Waals surface area contributed by atoms with Crippen molar-refractivity contribution in [2.75, 3.05) is 13.1 Å². The number of benzene rings is 1. The Morgan fingerprint density at radius 1 is 1.20 bits per heavy atom. The average Bonchev–Trinajstić information content (AvgIpc) is 3.05.